The normalized spacial score (nSPS) is 15.9. The van der Waals surface area contributed by atoms with Gasteiger partial charge in [0.2, 0.25) is 0 Å². The summed E-state index contributed by atoms with van der Waals surface area (Å²) >= 11 is 1.45. The molecule has 35 heavy (non-hydrogen) atoms. The van der Waals surface area contributed by atoms with Crippen molar-refractivity contribution in [3.05, 3.63) is 63.2 Å². The quantitative estimate of drug-likeness (QED) is 0.458. The summed E-state index contributed by atoms with van der Waals surface area (Å²) in [5.41, 5.74) is 3.19. The molecular weight excluding hydrogens is 477 g/mol. The number of rotatable bonds is 7. The number of para-hydroxylation sites is 1. The Kier molecular flexibility index (Phi) is 7.06. The molecule has 3 heterocycles. The number of amides is 1. The number of nitrogens with zero attached hydrogens (tertiary/aromatic N) is 2. The number of aromatic nitrogens is 2. The largest absolute Gasteiger partial charge is 0.401 e. The van der Waals surface area contributed by atoms with Gasteiger partial charge in [0, 0.05) is 64.3 Å². The number of H-pyrrole nitrogens is 1. The zero-order valence-electron chi connectivity index (χ0n) is 20.1. The summed E-state index contributed by atoms with van der Waals surface area (Å²) in [4.78, 5) is 30.8. The average Bonchev–Trinajstić information content (AvgIpc) is 3.05. The van der Waals surface area contributed by atoms with Gasteiger partial charge >= 0.3 is 6.18 Å². The molecule has 0 radical (unpaired) electrons. The molecule has 1 amide bonds. The van der Waals surface area contributed by atoms with Crippen LogP contribution < -0.4 is 10.9 Å². The highest BCUT2D eigenvalue weighted by atomic mass is 32.2. The number of hydrogen-bond donors (Lipinski definition) is 2. The molecule has 1 aliphatic rings. The first-order valence-corrected chi connectivity index (χ1v) is 12.7. The van der Waals surface area contributed by atoms with Crippen LogP contribution in [0.2, 0.25) is 0 Å². The number of hydrogen-bond acceptors (Lipinski definition) is 4. The van der Waals surface area contributed by atoms with E-state index >= 15 is 0 Å². The minimum atomic E-state index is -4.20. The van der Waals surface area contributed by atoms with Crippen LogP contribution in [0.3, 0.4) is 0 Å². The van der Waals surface area contributed by atoms with Gasteiger partial charge in [-0.05, 0) is 39.2 Å². The van der Waals surface area contributed by atoms with Gasteiger partial charge in [-0.1, -0.05) is 18.2 Å². The van der Waals surface area contributed by atoms with Crippen LogP contribution in [0.5, 0.6) is 0 Å². The maximum absolute atomic E-state index is 13.4. The summed E-state index contributed by atoms with van der Waals surface area (Å²) in [6, 6.07) is 9.36. The van der Waals surface area contributed by atoms with E-state index < -0.39 is 12.7 Å². The standard InChI is InChI=1S/C25H29F3N4O2S/c1-14-9-21(35-4)19(23(33)30-14)10-29-24(34)22-16(3)32(20-8-6-5-7-18(20)22)15(2)17-11-31(12-17)13-25(26,27)28/h5-9,15,17H,10-13H2,1-4H3,(H,29,34)(H,30,33). The van der Waals surface area contributed by atoms with E-state index in [4.69, 9.17) is 0 Å². The maximum Gasteiger partial charge on any atom is 0.401 e. The zero-order valence-corrected chi connectivity index (χ0v) is 20.9. The minimum absolute atomic E-state index is 0.0537. The van der Waals surface area contributed by atoms with Crippen molar-refractivity contribution in [2.45, 2.75) is 44.4 Å². The van der Waals surface area contributed by atoms with Gasteiger partial charge in [-0.15, -0.1) is 11.8 Å². The van der Waals surface area contributed by atoms with E-state index in [1.54, 1.807) is 0 Å². The molecule has 10 heteroatoms. The Morgan fingerprint density at radius 3 is 2.60 bits per heavy atom. The van der Waals surface area contributed by atoms with Crippen molar-refractivity contribution < 1.29 is 18.0 Å². The monoisotopic (exact) mass is 506 g/mol. The summed E-state index contributed by atoms with van der Waals surface area (Å²) in [5, 5.41) is 3.69. The Bertz CT molecular complexity index is 1310. The Hall–Kier alpha value is -2.72. The number of carbonyl (C=O) groups excluding carboxylic acids is 1. The van der Waals surface area contributed by atoms with Gasteiger partial charge in [0.25, 0.3) is 11.5 Å². The molecule has 4 rings (SSSR count). The summed E-state index contributed by atoms with van der Waals surface area (Å²) in [6.45, 7) is 5.59. The molecule has 1 saturated heterocycles. The van der Waals surface area contributed by atoms with Crippen LogP contribution in [0.15, 0.2) is 40.0 Å². The number of pyridine rings is 1. The van der Waals surface area contributed by atoms with E-state index in [0.29, 0.717) is 24.2 Å². The van der Waals surface area contributed by atoms with Gasteiger partial charge < -0.3 is 14.9 Å². The van der Waals surface area contributed by atoms with Crippen LogP contribution in [-0.2, 0) is 6.54 Å². The highest BCUT2D eigenvalue weighted by molar-refractivity contribution is 7.98. The maximum atomic E-state index is 13.4. The van der Waals surface area contributed by atoms with Crippen molar-refractivity contribution in [1.82, 2.24) is 19.8 Å². The van der Waals surface area contributed by atoms with E-state index in [-0.39, 0.29) is 30.0 Å². The lowest BCUT2D eigenvalue weighted by atomic mass is 9.92. The molecule has 1 atom stereocenters. The number of likely N-dealkylation sites (tertiary alicyclic amines) is 1. The molecule has 1 aliphatic heterocycles. The van der Waals surface area contributed by atoms with Gasteiger partial charge in [0.1, 0.15) is 0 Å². The predicted octanol–water partition coefficient (Wildman–Crippen LogP) is 4.65. The van der Waals surface area contributed by atoms with Gasteiger partial charge in [-0.25, -0.2) is 0 Å². The Morgan fingerprint density at radius 1 is 1.26 bits per heavy atom. The SMILES string of the molecule is CSc1cc(C)[nH]c(=O)c1CNC(=O)c1c(C)n(C(C)C2CN(CC(F)(F)F)C2)c2ccccc12. The first-order valence-electron chi connectivity index (χ1n) is 11.4. The summed E-state index contributed by atoms with van der Waals surface area (Å²) in [7, 11) is 0. The van der Waals surface area contributed by atoms with Crippen molar-refractivity contribution in [3.8, 4) is 0 Å². The molecule has 0 aliphatic carbocycles. The number of carbonyl (C=O) groups is 1. The van der Waals surface area contributed by atoms with Crippen molar-refractivity contribution in [3.63, 3.8) is 0 Å². The number of halogens is 3. The molecular formula is C25H29F3N4O2S. The van der Waals surface area contributed by atoms with E-state index in [2.05, 4.69) is 14.9 Å². The number of alkyl halides is 3. The van der Waals surface area contributed by atoms with Crippen LogP contribution in [0.4, 0.5) is 13.2 Å². The van der Waals surface area contributed by atoms with Gasteiger partial charge in [-0.2, -0.15) is 13.2 Å². The van der Waals surface area contributed by atoms with Crippen molar-refractivity contribution >= 4 is 28.6 Å². The smallest absolute Gasteiger partial charge is 0.348 e. The fraction of sp³-hybridized carbons (Fsp3) is 0.440. The summed E-state index contributed by atoms with van der Waals surface area (Å²) in [6.07, 6.45) is -2.32. The zero-order chi connectivity index (χ0) is 25.5. The molecule has 1 fully saturated rings. The Morgan fingerprint density at radius 2 is 1.94 bits per heavy atom. The lowest BCUT2D eigenvalue weighted by molar-refractivity contribution is -0.160. The van der Waals surface area contributed by atoms with Gasteiger partial charge in [-0.3, -0.25) is 14.5 Å². The van der Waals surface area contributed by atoms with E-state index in [1.165, 1.54) is 16.7 Å². The second kappa shape index (κ2) is 9.73. The third kappa shape index (κ3) is 5.13. The molecule has 2 N–H and O–H groups in total. The number of nitrogens with one attached hydrogen (secondary N) is 2. The number of benzene rings is 1. The Labute approximate surface area is 205 Å². The molecule has 1 aromatic carbocycles. The van der Waals surface area contributed by atoms with Crippen LogP contribution in [0.25, 0.3) is 10.9 Å². The van der Waals surface area contributed by atoms with Gasteiger partial charge in [0.05, 0.1) is 12.1 Å². The lowest BCUT2D eigenvalue weighted by Crippen LogP contribution is -2.52. The Balaban J connectivity index is 1.59. The average molecular weight is 507 g/mol. The van der Waals surface area contributed by atoms with Crippen molar-refractivity contribution in [2.24, 2.45) is 5.92 Å². The van der Waals surface area contributed by atoms with Crippen LogP contribution in [-0.4, -0.2) is 52.4 Å². The predicted molar refractivity (Wildman–Crippen MR) is 132 cm³/mol. The summed E-state index contributed by atoms with van der Waals surface area (Å²) in [5.74, 6) is -0.234. The first kappa shape index (κ1) is 25.4. The number of thioether (sulfide) groups is 1. The molecule has 2 aromatic heterocycles. The lowest BCUT2D eigenvalue weighted by Gasteiger charge is -2.43. The fourth-order valence-electron chi connectivity index (χ4n) is 5.00. The molecule has 0 saturated carbocycles. The number of fused-ring (bicyclic) bond motifs is 1. The molecule has 3 aromatic rings. The molecule has 0 bridgehead atoms. The highest BCUT2D eigenvalue weighted by Crippen LogP contribution is 2.36. The highest BCUT2D eigenvalue weighted by Gasteiger charge is 2.40. The summed E-state index contributed by atoms with van der Waals surface area (Å²) < 4.78 is 40.2. The molecule has 188 valence electrons. The van der Waals surface area contributed by atoms with Crippen LogP contribution in [0, 0.1) is 19.8 Å². The second-order valence-electron chi connectivity index (χ2n) is 9.17. The van der Waals surface area contributed by atoms with Gasteiger partial charge in [0.15, 0.2) is 0 Å². The van der Waals surface area contributed by atoms with E-state index in [1.807, 2.05) is 57.4 Å². The van der Waals surface area contributed by atoms with Crippen LogP contribution >= 0.6 is 11.8 Å². The number of aromatic amines is 1. The van der Waals surface area contributed by atoms with Crippen molar-refractivity contribution in [2.75, 3.05) is 25.9 Å². The van der Waals surface area contributed by atoms with Crippen LogP contribution in [0.1, 0.15) is 40.3 Å². The van der Waals surface area contributed by atoms with Crippen molar-refractivity contribution in [1.29, 1.82) is 0 Å². The molecule has 6 nitrogen and oxygen atoms in total. The first-order chi connectivity index (χ1) is 16.5. The third-order valence-corrected chi connectivity index (χ3v) is 7.54. The topological polar surface area (TPSA) is 70.1 Å². The minimum Gasteiger partial charge on any atom is -0.348 e. The fourth-order valence-corrected chi connectivity index (χ4v) is 5.71. The van der Waals surface area contributed by atoms with E-state index in [0.717, 1.165) is 27.2 Å². The van der Waals surface area contributed by atoms with E-state index in [9.17, 15) is 22.8 Å². The second-order valence-corrected chi connectivity index (χ2v) is 10.0. The molecule has 1 unspecified atom stereocenters. The third-order valence-electron chi connectivity index (χ3n) is 6.74. The number of aryl methyl sites for hydroxylation is 1. The molecule has 0 spiro atoms.